The fourth-order valence-electron chi connectivity index (χ4n) is 3.38. The van der Waals surface area contributed by atoms with Gasteiger partial charge in [-0.05, 0) is 49.2 Å². The number of nitriles is 1. The van der Waals surface area contributed by atoms with E-state index in [9.17, 15) is 14.4 Å². The molecular weight excluding hydrogens is 398 g/mol. The molecule has 0 aliphatic carbocycles. The molecule has 2 N–H and O–H groups in total. The number of carboxylic acid groups (broad SMARTS) is 1. The van der Waals surface area contributed by atoms with E-state index in [-0.39, 0.29) is 18.7 Å². The number of hydrogen-bond acceptors (Lipinski definition) is 5. The van der Waals surface area contributed by atoms with Crippen molar-refractivity contribution in [2.75, 3.05) is 6.61 Å². The maximum absolute atomic E-state index is 12.9. The first kappa shape index (κ1) is 21.6. The van der Waals surface area contributed by atoms with Gasteiger partial charge in [0, 0.05) is 5.70 Å². The van der Waals surface area contributed by atoms with Gasteiger partial charge in [-0.15, -0.1) is 0 Å². The molecule has 31 heavy (non-hydrogen) atoms. The lowest BCUT2D eigenvalue weighted by molar-refractivity contribution is -0.139. The minimum absolute atomic E-state index is 0.146. The van der Waals surface area contributed by atoms with Crippen LogP contribution < -0.4 is 5.32 Å². The lowest BCUT2D eigenvalue weighted by atomic mass is 9.94. The van der Waals surface area contributed by atoms with E-state index in [1.54, 1.807) is 50.2 Å². The van der Waals surface area contributed by atoms with Crippen LogP contribution in [0.15, 0.2) is 59.8 Å². The monoisotopic (exact) mass is 419 g/mol. The first-order valence-electron chi connectivity index (χ1n) is 9.64. The molecule has 158 valence electrons. The predicted octanol–water partition coefficient (Wildman–Crippen LogP) is 3.36. The normalized spacial score (nSPS) is 15.8. The number of hydrogen-bond donors (Lipinski definition) is 2. The molecule has 0 fully saturated rings. The summed E-state index contributed by atoms with van der Waals surface area (Å²) >= 11 is 0. The summed E-state index contributed by atoms with van der Waals surface area (Å²) < 4.78 is 5.23. The second-order valence-corrected chi connectivity index (χ2v) is 6.92. The van der Waals surface area contributed by atoms with E-state index < -0.39 is 24.0 Å². The summed E-state index contributed by atoms with van der Waals surface area (Å²) in [6.07, 6.45) is 0. The Kier molecular flexibility index (Phi) is 6.36. The highest BCUT2D eigenvalue weighted by molar-refractivity contribution is 5.95. The van der Waals surface area contributed by atoms with E-state index in [2.05, 4.69) is 5.32 Å². The Morgan fingerprint density at radius 3 is 2.35 bits per heavy atom. The van der Waals surface area contributed by atoms with Crippen LogP contribution in [0.2, 0.25) is 0 Å². The summed E-state index contributed by atoms with van der Waals surface area (Å²) in [7, 11) is 0. The molecule has 1 atom stereocenters. The van der Waals surface area contributed by atoms with Crippen molar-refractivity contribution in [2.45, 2.75) is 26.4 Å². The molecule has 1 heterocycles. The van der Waals surface area contributed by atoms with E-state index in [4.69, 9.17) is 15.1 Å². The molecule has 0 radical (unpaired) electrons. The Morgan fingerprint density at radius 1 is 1.16 bits per heavy atom. The Morgan fingerprint density at radius 2 is 1.81 bits per heavy atom. The number of nitrogens with one attached hydrogen (secondary N) is 1. The molecule has 1 aliphatic rings. The summed E-state index contributed by atoms with van der Waals surface area (Å²) in [6, 6.07) is 13.7. The molecule has 3 rings (SSSR count). The second-order valence-electron chi connectivity index (χ2n) is 6.92. The molecule has 0 saturated carbocycles. The van der Waals surface area contributed by atoms with E-state index in [1.165, 1.54) is 17.0 Å². The molecule has 2 aromatic rings. The zero-order valence-corrected chi connectivity index (χ0v) is 17.1. The predicted molar refractivity (Wildman–Crippen MR) is 111 cm³/mol. The average Bonchev–Trinajstić information content (AvgIpc) is 2.76. The number of rotatable bonds is 6. The van der Waals surface area contributed by atoms with Gasteiger partial charge in [0.15, 0.2) is 0 Å². The van der Waals surface area contributed by atoms with Crippen molar-refractivity contribution in [3.8, 4) is 6.07 Å². The molecule has 0 saturated heterocycles. The standard InChI is InChI=1S/C23H21N3O5/c1-3-31-22(29)19-14(2)26(13-16-6-10-18(11-7-16)21(27)28)23(30)25-20(19)17-8-4-15(12-24)5-9-17/h4-11,20H,3,13H2,1-2H3,(H,25,30)(H,27,28). The van der Waals surface area contributed by atoms with Crippen LogP contribution >= 0.6 is 0 Å². The minimum Gasteiger partial charge on any atom is -0.478 e. The van der Waals surface area contributed by atoms with Crippen molar-refractivity contribution in [1.82, 2.24) is 10.2 Å². The second kappa shape index (κ2) is 9.13. The van der Waals surface area contributed by atoms with Crippen LogP contribution in [0.1, 0.15) is 46.9 Å². The topological polar surface area (TPSA) is 120 Å². The van der Waals surface area contributed by atoms with Crippen molar-refractivity contribution in [1.29, 1.82) is 5.26 Å². The highest BCUT2D eigenvalue weighted by Gasteiger charge is 2.36. The van der Waals surface area contributed by atoms with Crippen LogP contribution in [0.3, 0.4) is 0 Å². The van der Waals surface area contributed by atoms with Gasteiger partial charge in [0.05, 0.1) is 42.0 Å². The van der Waals surface area contributed by atoms with Gasteiger partial charge in [-0.1, -0.05) is 24.3 Å². The maximum atomic E-state index is 12.9. The van der Waals surface area contributed by atoms with Crippen LogP contribution in [0, 0.1) is 11.3 Å². The zero-order chi connectivity index (χ0) is 22.5. The average molecular weight is 419 g/mol. The van der Waals surface area contributed by atoms with Gasteiger partial charge in [-0.25, -0.2) is 14.4 Å². The van der Waals surface area contributed by atoms with Gasteiger partial charge >= 0.3 is 18.0 Å². The number of aromatic carboxylic acids is 1. The lowest BCUT2D eigenvalue weighted by Crippen LogP contribution is -2.47. The summed E-state index contributed by atoms with van der Waals surface area (Å²) in [5.74, 6) is -1.58. The molecule has 2 amide bonds. The number of ether oxygens (including phenoxy) is 1. The third kappa shape index (κ3) is 4.56. The highest BCUT2D eigenvalue weighted by Crippen LogP contribution is 2.32. The smallest absolute Gasteiger partial charge is 0.338 e. The number of carbonyl (C=O) groups is 3. The van der Waals surface area contributed by atoms with Crippen LogP contribution in [0.4, 0.5) is 4.79 Å². The maximum Gasteiger partial charge on any atom is 0.338 e. The fraction of sp³-hybridized carbons (Fsp3) is 0.217. The van der Waals surface area contributed by atoms with Crippen LogP contribution in [0.25, 0.3) is 0 Å². The van der Waals surface area contributed by atoms with Gasteiger partial charge in [-0.3, -0.25) is 4.90 Å². The number of carboxylic acids is 1. The molecule has 8 nitrogen and oxygen atoms in total. The molecule has 0 aromatic heterocycles. The van der Waals surface area contributed by atoms with Gasteiger partial charge < -0.3 is 15.2 Å². The third-order valence-electron chi connectivity index (χ3n) is 5.01. The number of esters is 1. The van der Waals surface area contributed by atoms with Gasteiger partial charge in [-0.2, -0.15) is 5.26 Å². The van der Waals surface area contributed by atoms with Crippen molar-refractivity contribution in [2.24, 2.45) is 0 Å². The number of carbonyl (C=O) groups excluding carboxylic acids is 2. The molecule has 1 aliphatic heterocycles. The molecule has 2 aromatic carbocycles. The molecule has 1 unspecified atom stereocenters. The van der Waals surface area contributed by atoms with E-state index in [0.717, 1.165) is 0 Å². The quantitative estimate of drug-likeness (QED) is 0.693. The van der Waals surface area contributed by atoms with Crippen molar-refractivity contribution < 1.29 is 24.2 Å². The van der Waals surface area contributed by atoms with E-state index in [1.807, 2.05) is 6.07 Å². The number of nitrogens with zero attached hydrogens (tertiary/aromatic N) is 2. The van der Waals surface area contributed by atoms with Crippen molar-refractivity contribution in [3.05, 3.63) is 82.1 Å². The third-order valence-corrected chi connectivity index (χ3v) is 5.01. The van der Waals surface area contributed by atoms with Gasteiger partial charge in [0.2, 0.25) is 0 Å². The Balaban J connectivity index is 1.98. The lowest BCUT2D eigenvalue weighted by Gasteiger charge is -2.35. The van der Waals surface area contributed by atoms with E-state index >= 15 is 0 Å². The van der Waals surface area contributed by atoms with Gasteiger partial charge in [0.25, 0.3) is 0 Å². The number of allylic oxidation sites excluding steroid dienone is 1. The number of amides is 2. The Bertz CT molecular complexity index is 1080. The van der Waals surface area contributed by atoms with Crippen LogP contribution in [-0.4, -0.2) is 34.6 Å². The van der Waals surface area contributed by atoms with Crippen molar-refractivity contribution in [3.63, 3.8) is 0 Å². The van der Waals surface area contributed by atoms with Gasteiger partial charge in [0.1, 0.15) is 0 Å². The number of urea groups is 1. The van der Waals surface area contributed by atoms with Crippen LogP contribution in [-0.2, 0) is 16.1 Å². The SMILES string of the molecule is CCOC(=O)C1=C(C)N(Cc2ccc(C(=O)O)cc2)C(=O)NC1c1ccc(C#N)cc1. The van der Waals surface area contributed by atoms with Crippen LogP contribution in [0.5, 0.6) is 0 Å². The summed E-state index contributed by atoms with van der Waals surface area (Å²) in [5, 5.41) is 20.9. The fourth-order valence-corrected chi connectivity index (χ4v) is 3.38. The van der Waals surface area contributed by atoms with Crippen molar-refractivity contribution >= 4 is 18.0 Å². The highest BCUT2D eigenvalue weighted by atomic mass is 16.5. The summed E-state index contributed by atoms with van der Waals surface area (Å²) in [4.78, 5) is 38.1. The Labute approximate surface area is 179 Å². The molecule has 0 spiro atoms. The molecule has 0 bridgehead atoms. The largest absolute Gasteiger partial charge is 0.478 e. The summed E-state index contributed by atoms with van der Waals surface area (Å²) in [6.45, 7) is 3.71. The zero-order valence-electron chi connectivity index (χ0n) is 17.1. The summed E-state index contributed by atoms with van der Waals surface area (Å²) in [5.41, 5.74) is 2.72. The minimum atomic E-state index is -1.03. The Hall–Kier alpha value is -4.12. The molecule has 8 heteroatoms. The number of benzene rings is 2. The first-order valence-corrected chi connectivity index (χ1v) is 9.64. The first-order chi connectivity index (χ1) is 14.8. The molecular formula is C23H21N3O5. The van der Waals surface area contributed by atoms with E-state index in [0.29, 0.717) is 28.0 Å².